The number of hydrogen-bond acceptors (Lipinski definition) is 3. The van der Waals surface area contributed by atoms with Crippen LogP contribution in [-0.4, -0.2) is 24.6 Å². The molecule has 0 unspecified atom stereocenters. The molecular weight excluding hydrogens is 252 g/mol. The fourth-order valence-corrected chi connectivity index (χ4v) is 2.84. The topological polar surface area (TPSA) is 71.3 Å². The molecule has 0 aliphatic rings. The molecule has 6 heteroatoms. The molecule has 0 atom stereocenters. The van der Waals surface area contributed by atoms with E-state index in [9.17, 15) is 13.5 Å². The predicted octanol–water partition coefficient (Wildman–Crippen LogP) is 1.64. The second kappa shape index (κ2) is 6.36. The van der Waals surface area contributed by atoms with Gasteiger partial charge in [-0.15, -0.1) is 0 Å². The Bertz CT molecular complexity index is 478. The summed E-state index contributed by atoms with van der Waals surface area (Å²) in [6.07, 6.45) is 3.33. The smallest absolute Gasteiger partial charge is 0.242 e. The number of unbranched alkanes of at least 4 members (excludes halogenated alkanes) is 1. The molecule has 0 saturated carbocycles. The molecule has 18 heavy (non-hydrogen) atoms. The van der Waals surface area contributed by atoms with Crippen LogP contribution in [0.5, 0.6) is 0 Å². The van der Waals surface area contributed by atoms with E-state index in [-0.39, 0.29) is 17.5 Å². The fourth-order valence-electron chi connectivity index (χ4n) is 1.72. The molecule has 0 aromatic carbocycles. The molecule has 0 aliphatic heterocycles. The molecule has 0 amide bonds. The maximum Gasteiger partial charge on any atom is 0.242 e. The minimum absolute atomic E-state index is 0.117. The molecule has 0 radical (unpaired) electrons. The van der Waals surface area contributed by atoms with Crippen molar-refractivity contribution in [3.8, 4) is 0 Å². The first-order valence-corrected chi connectivity index (χ1v) is 7.72. The van der Waals surface area contributed by atoms with E-state index in [0.29, 0.717) is 12.2 Å². The molecule has 0 spiro atoms. The number of aromatic nitrogens is 1. The largest absolute Gasteiger partial charge is 0.390 e. The van der Waals surface area contributed by atoms with Gasteiger partial charge in [-0.3, -0.25) is 0 Å². The predicted molar refractivity (Wildman–Crippen MR) is 70.8 cm³/mol. The number of aliphatic hydroxyl groups is 1. The second-order valence-electron chi connectivity index (χ2n) is 4.58. The highest BCUT2D eigenvalue weighted by Crippen LogP contribution is 2.18. The zero-order valence-electron chi connectivity index (χ0n) is 11.2. The summed E-state index contributed by atoms with van der Waals surface area (Å²) in [5, 5.41) is 9.22. The Morgan fingerprint density at radius 1 is 1.44 bits per heavy atom. The normalized spacial score (nSPS) is 12.3. The van der Waals surface area contributed by atoms with Gasteiger partial charge in [-0.25, -0.2) is 13.1 Å². The monoisotopic (exact) mass is 274 g/mol. The molecule has 0 bridgehead atoms. The summed E-state index contributed by atoms with van der Waals surface area (Å²) < 4.78 is 28.3. The van der Waals surface area contributed by atoms with E-state index >= 15 is 0 Å². The third-order valence-electron chi connectivity index (χ3n) is 2.76. The molecular formula is C12H22N2O3S. The van der Waals surface area contributed by atoms with Crippen LogP contribution in [0.1, 0.15) is 45.3 Å². The van der Waals surface area contributed by atoms with Crippen LogP contribution < -0.4 is 4.72 Å². The third kappa shape index (κ3) is 3.57. The van der Waals surface area contributed by atoms with Gasteiger partial charge in [0.1, 0.15) is 0 Å². The SMILES string of the molecule is CCCCNS(=O)(=O)c1cc(CO)n(C(C)C)c1. The summed E-state index contributed by atoms with van der Waals surface area (Å²) in [7, 11) is -3.46. The quantitative estimate of drug-likeness (QED) is 0.743. The minimum atomic E-state index is -3.46. The molecule has 2 N–H and O–H groups in total. The van der Waals surface area contributed by atoms with E-state index in [1.54, 1.807) is 10.8 Å². The molecule has 0 aliphatic carbocycles. The van der Waals surface area contributed by atoms with Crippen molar-refractivity contribution in [3.63, 3.8) is 0 Å². The van der Waals surface area contributed by atoms with Crippen molar-refractivity contribution in [3.05, 3.63) is 18.0 Å². The summed E-state index contributed by atoms with van der Waals surface area (Å²) in [4.78, 5) is 0.219. The Morgan fingerprint density at radius 3 is 2.56 bits per heavy atom. The van der Waals surface area contributed by atoms with Crippen LogP contribution in [0.3, 0.4) is 0 Å². The molecule has 1 heterocycles. The van der Waals surface area contributed by atoms with Crippen LogP contribution in [0.4, 0.5) is 0 Å². The number of aliphatic hydroxyl groups excluding tert-OH is 1. The van der Waals surface area contributed by atoms with Crippen LogP contribution in [0.2, 0.25) is 0 Å². The summed E-state index contributed by atoms with van der Waals surface area (Å²) in [5.74, 6) is 0. The molecule has 1 aromatic rings. The van der Waals surface area contributed by atoms with Crippen molar-refractivity contribution in [2.75, 3.05) is 6.54 Å². The van der Waals surface area contributed by atoms with Crippen LogP contribution in [0.25, 0.3) is 0 Å². The molecule has 5 nitrogen and oxygen atoms in total. The highest BCUT2D eigenvalue weighted by atomic mass is 32.2. The van der Waals surface area contributed by atoms with Gasteiger partial charge in [0.2, 0.25) is 10.0 Å². The summed E-state index contributed by atoms with van der Waals surface area (Å²) in [6, 6.07) is 1.64. The van der Waals surface area contributed by atoms with Gasteiger partial charge in [0.25, 0.3) is 0 Å². The van der Waals surface area contributed by atoms with Crippen LogP contribution in [0.15, 0.2) is 17.2 Å². The standard InChI is InChI=1S/C12H22N2O3S/c1-4-5-6-13-18(16,17)12-7-11(9-15)14(8-12)10(2)3/h7-8,10,13,15H,4-6,9H2,1-3H3. The van der Waals surface area contributed by atoms with E-state index in [1.807, 2.05) is 20.8 Å². The van der Waals surface area contributed by atoms with E-state index in [1.165, 1.54) is 6.07 Å². The molecule has 104 valence electrons. The number of hydrogen-bond donors (Lipinski definition) is 2. The van der Waals surface area contributed by atoms with Gasteiger partial charge in [0, 0.05) is 24.5 Å². The number of nitrogens with zero attached hydrogens (tertiary/aromatic N) is 1. The maximum absolute atomic E-state index is 12.0. The van der Waals surface area contributed by atoms with Crippen molar-refractivity contribution in [1.82, 2.24) is 9.29 Å². The van der Waals surface area contributed by atoms with Crippen LogP contribution in [-0.2, 0) is 16.6 Å². The Hall–Kier alpha value is -0.850. The van der Waals surface area contributed by atoms with Gasteiger partial charge in [-0.2, -0.15) is 0 Å². The molecule has 0 fully saturated rings. The summed E-state index contributed by atoms with van der Waals surface area (Å²) in [5.41, 5.74) is 0.612. The highest BCUT2D eigenvalue weighted by Gasteiger charge is 2.18. The summed E-state index contributed by atoms with van der Waals surface area (Å²) in [6.45, 7) is 6.18. The zero-order valence-corrected chi connectivity index (χ0v) is 12.0. The van der Waals surface area contributed by atoms with E-state index < -0.39 is 10.0 Å². The lowest BCUT2D eigenvalue weighted by molar-refractivity contribution is 0.268. The first-order chi connectivity index (χ1) is 8.42. The second-order valence-corrected chi connectivity index (χ2v) is 6.34. The lowest BCUT2D eigenvalue weighted by Crippen LogP contribution is -2.24. The van der Waals surface area contributed by atoms with Crippen LogP contribution in [0, 0.1) is 0 Å². The van der Waals surface area contributed by atoms with E-state index in [2.05, 4.69) is 4.72 Å². The Kier molecular flexibility index (Phi) is 5.37. The van der Waals surface area contributed by atoms with Gasteiger partial charge >= 0.3 is 0 Å². The van der Waals surface area contributed by atoms with Gasteiger partial charge in [-0.1, -0.05) is 13.3 Å². The first kappa shape index (κ1) is 15.2. The molecule has 0 saturated heterocycles. The zero-order chi connectivity index (χ0) is 13.8. The number of rotatable bonds is 7. The number of sulfonamides is 1. The Labute approximate surface area is 109 Å². The first-order valence-electron chi connectivity index (χ1n) is 6.23. The minimum Gasteiger partial charge on any atom is -0.390 e. The maximum atomic E-state index is 12.0. The average molecular weight is 274 g/mol. The van der Waals surface area contributed by atoms with Gasteiger partial charge < -0.3 is 9.67 Å². The lowest BCUT2D eigenvalue weighted by Gasteiger charge is -2.10. The average Bonchev–Trinajstić information content (AvgIpc) is 2.74. The molecule has 1 aromatic heterocycles. The van der Waals surface area contributed by atoms with Gasteiger partial charge in [0.15, 0.2) is 0 Å². The van der Waals surface area contributed by atoms with Crippen LogP contribution >= 0.6 is 0 Å². The fraction of sp³-hybridized carbons (Fsp3) is 0.667. The Morgan fingerprint density at radius 2 is 2.11 bits per heavy atom. The summed E-state index contributed by atoms with van der Waals surface area (Å²) >= 11 is 0. The van der Waals surface area contributed by atoms with Gasteiger partial charge in [0.05, 0.1) is 11.5 Å². The highest BCUT2D eigenvalue weighted by molar-refractivity contribution is 7.89. The van der Waals surface area contributed by atoms with E-state index in [0.717, 1.165) is 12.8 Å². The van der Waals surface area contributed by atoms with Crippen molar-refractivity contribution in [2.24, 2.45) is 0 Å². The van der Waals surface area contributed by atoms with Crippen molar-refractivity contribution in [2.45, 2.75) is 51.2 Å². The van der Waals surface area contributed by atoms with E-state index in [4.69, 9.17) is 0 Å². The van der Waals surface area contributed by atoms with Crippen molar-refractivity contribution < 1.29 is 13.5 Å². The van der Waals surface area contributed by atoms with Crippen molar-refractivity contribution >= 4 is 10.0 Å². The van der Waals surface area contributed by atoms with Crippen molar-refractivity contribution in [1.29, 1.82) is 0 Å². The molecule has 1 rings (SSSR count). The third-order valence-corrected chi connectivity index (χ3v) is 4.19. The lowest BCUT2D eigenvalue weighted by atomic mass is 10.3. The number of nitrogens with one attached hydrogen (secondary N) is 1. The Balaban J connectivity index is 2.95. The van der Waals surface area contributed by atoms with Gasteiger partial charge in [-0.05, 0) is 26.3 Å².